The van der Waals surface area contributed by atoms with Crippen LogP contribution < -0.4 is 14.8 Å². The number of amides is 1. The molecule has 5 nitrogen and oxygen atoms in total. The van der Waals surface area contributed by atoms with Crippen molar-refractivity contribution in [1.82, 2.24) is 0 Å². The molecule has 0 heterocycles. The second-order valence-electron chi connectivity index (χ2n) is 7.63. The average molecular weight is 474 g/mol. The number of hydrogen-bond donors (Lipinski definition) is 2. The highest BCUT2D eigenvalue weighted by molar-refractivity contribution is 6.30. The number of rotatable bonds is 8. The van der Waals surface area contributed by atoms with Crippen LogP contribution in [0.3, 0.4) is 0 Å². The molecule has 0 saturated carbocycles. The second-order valence-corrected chi connectivity index (χ2v) is 8.07. The van der Waals surface area contributed by atoms with E-state index in [1.807, 2.05) is 42.5 Å². The SMILES string of the molecule is COc1ccccc1CCOc1cccc(NC(=O)c2cc(-c3ccc(Cl)cc3)ccc2O)c1. The zero-order valence-corrected chi connectivity index (χ0v) is 19.4. The van der Waals surface area contributed by atoms with Gasteiger partial charge in [-0.05, 0) is 59.2 Å². The lowest BCUT2D eigenvalue weighted by molar-refractivity contribution is 0.102. The minimum Gasteiger partial charge on any atom is -0.507 e. The summed E-state index contributed by atoms with van der Waals surface area (Å²) in [6.07, 6.45) is 0.686. The number of hydrogen-bond acceptors (Lipinski definition) is 4. The van der Waals surface area contributed by atoms with Gasteiger partial charge < -0.3 is 19.9 Å². The molecule has 2 N–H and O–H groups in total. The third-order valence-electron chi connectivity index (χ3n) is 5.34. The van der Waals surface area contributed by atoms with Gasteiger partial charge in [-0.25, -0.2) is 0 Å². The number of halogens is 1. The highest BCUT2D eigenvalue weighted by Gasteiger charge is 2.14. The van der Waals surface area contributed by atoms with Crippen LogP contribution in [0, 0.1) is 0 Å². The molecule has 4 rings (SSSR count). The Labute approximate surface area is 203 Å². The van der Waals surface area contributed by atoms with Crippen LogP contribution in [0.4, 0.5) is 5.69 Å². The Bertz CT molecular complexity index is 1290. The van der Waals surface area contributed by atoms with E-state index in [4.69, 9.17) is 21.1 Å². The van der Waals surface area contributed by atoms with Gasteiger partial charge in [0.2, 0.25) is 0 Å². The van der Waals surface area contributed by atoms with Crippen molar-refractivity contribution in [1.29, 1.82) is 0 Å². The summed E-state index contributed by atoms with van der Waals surface area (Å²) < 4.78 is 11.3. The summed E-state index contributed by atoms with van der Waals surface area (Å²) in [4.78, 5) is 12.9. The molecule has 0 aromatic heterocycles. The molecule has 0 bridgehead atoms. The molecule has 6 heteroatoms. The fourth-order valence-electron chi connectivity index (χ4n) is 3.59. The number of ether oxygens (including phenoxy) is 2. The summed E-state index contributed by atoms with van der Waals surface area (Å²) in [5.41, 5.74) is 3.49. The Morgan fingerprint density at radius 3 is 2.47 bits per heavy atom. The van der Waals surface area contributed by atoms with E-state index in [-0.39, 0.29) is 11.3 Å². The van der Waals surface area contributed by atoms with E-state index in [1.54, 1.807) is 49.6 Å². The van der Waals surface area contributed by atoms with E-state index in [1.165, 1.54) is 6.07 Å². The number of phenolic OH excluding ortho intramolecular Hbond substituents is 1. The fraction of sp³-hybridized carbons (Fsp3) is 0.107. The quantitative estimate of drug-likeness (QED) is 0.302. The number of nitrogens with one attached hydrogen (secondary N) is 1. The van der Waals surface area contributed by atoms with Crippen LogP contribution in [-0.2, 0) is 6.42 Å². The first-order valence-corrected chi connectivity index (χ1v) is 11.2. The minimum atomic E-state index is -0.417. The molecule has 4 aromatic carbocycles. The van der Waals surface area contributed by atoms with Crippen LogP contribution in [0.2, 0.25) is 5.02 Å². The van der Waals surface area contributed by atoms with Crippen molar-refractivity contribution in [3.63, 3.8) is 0 Å². The largest absolute Gasteiger partial charge is 0.507 e. The molecule has 0 atom stereocenters. The standard InChI is InChI=1S/C28H24ClNO4/c1-33-27-8-3-2-5-20(27)15-16-34-24-7-4-6-23(18-24)30-28(32)25-17-21(11-14-26(25)31)19-9-12-22(29)13-10-19/h2-14,17-18,31H,15-16H2,1H3,(H,30,32). The molecule has 1 amide bonds. The van der Waals surface area contributed by atoms with Crippen LogP contribution in [-0.4, -0.2) is 24.7 Å². The van der Waals surface area contributed by atoms with E-state index in [0.717, 1.165) is 22.4 Å². The molecule has 0 fully saturated rings. The lowest BCUT2D eigenvalue weighted by atomic mass is 10.0. The Kier molecular flexibility index (Phi) is 7.35. The third-order valence-corrected chi connectivity index (χ3v) is 5.60. The summed E-state index contributed by atoms with van der Waals surface area (Å²) >= 11 is 5.97. The summed E-state index contributed by atoms with van der Waals surface area (Å²) in [5.74, 6) is 0.943. The van der Waals surface area contributed by atoms with Gasteiger partial charge in [-0.1, -0.05) is 54.1 Å². The number of aromatic hydroxyl groups is 1. The van der Waals surface area contributed by atoms with E-state index >= 15 is 0 Å². The average Bonchev–Trinajstić information content (AvgIpc) is 2.85. The summed E-state index contributed by atoms with van der Waals surface area (Å²) in [5, 5.41) is 13.7. The molecule has 0 spiro atoms. The molecule has 172 valence electrons. The van der Waals surface area contributed by atoms with Crippen LogP contribution in [0.5, 0.6) is 17.2 Å². The van der Waals surface area contributed by atoms with Crippen molar-refractivity contribution in [3.05, 3.63) is 107 Å². The van der Waals surface area contributed by atoms with Crippen molar-refractivity contribution in [3.8, 4) is 28.4 Å². The molecule has 0 aliphatic carbocycles. The molecule has 0 aliphatic rings. The van der Waals surface area contributed by atoms with Gasteiger partial charge in [-0.15, -0.1) is 0 Å². The van der Waals surface area contributed by atoms with Gasteiger partial charge in [-0.3, -0.25) is 4.79 Å². The summed E-state index contributed by atoms with van der Waals surface area (Å²) in [6.45, 7) is 0.460. The van der Waals surface area contributed by atoms with Crippen molar-refractivity contribution in [2.24, 2.45) is 0 Å². The summed E-state index contributed by atoms with van der Waals surface area (Å²) in [7, 11) is 1.65. The van der Waals surface area contributed by atoms with Gasteiger partial charge in [0.1, 0.15) is 17.2 Å². The molecular weight excluding hydrogens is 450 g/mol. The Hall–Kier alpha value is -3.96. The normalized spacial score (nSPS) is 10.5. The van der Waals surface area contributed by atoms with Gasteiger partial charge in [0.25, 0.3) is 5.91 Å². The summed E-state index contributed by atoms with van der Waals surface area (Å²) in [6, 6.07) is 27.2. The number of benzene rings is 4. The predicted octanol–water partition coefficient (Wildman–Crippen LogP) is 6.60. The third kappa shape index (κ3) is 5.69. The highest BCUT2D eigenvalue weighted by atomic mass is 35.5. The zero-order valence-electron chi connectivity index (χ0n) is 18.6. The van der Waals surface area contributed by atoms with Gasteiger partial charge in [0, 0.05) is 23.2 Å². The van der Waals surface area contributed by atoms with Gasteiger partial charge >= 0.3 is 0 Å². The lowest BCUT2D eigenvalue weighted by Crippen LogP contribution is -2.12. The van der Waals surface area contributed by atoms with Crippen molar-refractivity contribution >= 4 is 23.2 Å². The monoisotopic (exact) mass is 473 g/mol. The van der Waals surface area contributed by atoms with Crippen molar-refractivity contribution in [2.45, 2.75) is 6.42 Å². The Morgan fingerprint density at radius 1 is 0.912 bits per heavy atom. The number of para-hydroxylation sites is 1. The van der Waals surface area contributed by atoms with E-state index in [0.29, 0.717) is 29.5 Å². The number of anilines is 1. The maximum absolute atomic E-state index is 12.9. The van der Waals surface area contributed by atoms with E-state index in [9.17, 15) is 9.90 Å². The van der Waals surface area contributed by atoms with E-state index in [2.05, 4.69) is 5.32 Å². The topological polar surface area (TPSA) is 67.8 Å². The Balaban J connectivity index is 1.43. The second kappa shape index (κ2) is 10.8. The van der Waals surface area contributed by atoms with Gasteiger partial charge in [0.05, 0.1) is 19.3 Å². The molecular formula is C28H24ClNO4. The molecule has 0 saturated heterocycles. The molecule has 4 aromatic rings. The first kappa shape index (κ1) is 23.2. The molecule has 0 aliphatic heterocycles. The number of carbonyl (C=O) groups is 1. The van der Waals surface area contributed by atoms with Gasteiger partial charge in [-0.2, -0.15) is 0 Å². The Morgan fingerprint density at radius 2 is 1.68 bits per heavy atom. The minimum absolute atomic E-state index is 0.0978. The first-order valence-electron chi connectivity index (χ1n) is 10.8. The van der Waals surface area contributed by atoms with Crippen LogP contribution in [0.1, 0.15) is 15.9 Å². The molecule has 0 radical (unpaired) electrons. The highest BCUT2D eigenvalue weighted by Crippen LogP contribution is 2.28. The number of carbonyl (C=O) groups excluding carboxylic acids is 1. The van der Waals surface area contributed by atoms with Crippen molar-refractivity contribution in [2.75, 3.05) is 19.0 Å². The number of methoxy groups -OCH3 is 1. The van der Waals surface area contributed by atoms with Crippen molar-refractivity contribution < 1.29 is 19.4 Å². The smallest absolute Gasteiger partial charge is 0.259 e. The predicted molar refractivity (Wildman–Crippen MR) is 135 cm³/mol. The molecule has 0 unspecified atom stereocenters. The van der Waals surface area contributed by atoms with Crippen LogP contribution >= 0.6 is 11.6 Å². The molecule has 34 heavy (non-hydrogen) atoms. The number of phenols is 1. The maximum atomic E-state index is 12.9. The van der Waals surface area contributed by atoms with Crippen LogP contribution in [0.15, 0.2) is 91.0 Å². The van der Waals surface area contributed by atoms with Crippen LogP contribution in [0.25, 0.3) is 11.1 Å². The zero-order chi connectivity index (χ0) is 23.9. The maximum Gasteiger partial charge on any atom is 0.259 e. The van der Waals surface area contributed by atoms with E-state index < -0.39 is 5.91 Å². The lowest BCUT2D eigenvalue weighted by Gasteiger charge is -2.12. The first-order chi connectivity index (χ1) is 16.5. The van der Waals surface area contributed by atoms with Gasteiger partial charge in [0.15, 0.2) is 0 Å². The fourth-order valence-corrected chi connectivity index (χ4v) is 3.72.